The van der Waals surface area contributed by atoms with Crippen LogP contribution >= 0.6 is 15.9 Å². The van der Waals surface area contributed by atoms with Crippen LogP contribution in [0.4, 0.5) is 0 Å². The van der Waals surface area contributed by atoms with Crippen LogP contribution in [0.5, 0.6) is 0 Å². The third-order valence-electron chi connectivity index (χ3n) is 2.61. The van der Waals surface area contributed by atoms with Crippen molar-refractivity contribution in [2.45, 2.75) is 5.92 Å². The monoisotopic (exact) mass is 266 g/mol. The molecule has 2 rings (SSSR count). The van der Waals surface area contributed by atoms with Crippen molar-refractivity contribution < 1.29 is 9.53 Å². The number of halogens is 1. The summed E-state index contributed by atoms with van der Waals surface area (Å²) in [6, 6.07) is 7.75. The molecule has 1 aromatic rings. The number of ether oxygens (including phenoxy) is 1. The van der Waals surface area contributed by atoms with Gasteiger partial charge in [-0.05, 0) is 17.7 Å². The van der Waals surface area contributed by atoms with Gasteiger partial charge in [-0.1, -0.05) is 34.1 Å². The molecule has 1 heterocycles. The number of rotatable bonds is 2. The van der Waals surface area contributed by atoms with Crippen molar-refractivity contribution in [3.63, 3.8) is 0 Å². The lowest BCUT2D eigenvalue weighted by Gasteiger charge is -2.11. The van der Waals surface area contributed by atoms with E-state index in [9.17, 15) is 4.79 Å². The first-order chi connectivity index (χ1) is 7.22. The molecule has 15 heavy (non-hydrogen) atoms. The molecule has 1 aliphatic rings. The van der Waals surface area contributed by atoms with Crippen LogP contribution in [0.25, 0.3) is 0 Å². The summed E-state index contributed by atoms with van der Waals surface area (Å²) in [5.41, 5.74) is 0.983. The molecule has 2 nitrogen and oxygen atoms in total. The van der Waals surface area contributed by atoms with Gasteiger partial charge in [-0.15, -0.1) is 6.58 Å². The molecule has 0 N–H and O–H groups in total. The lowest BCUT2D eigenvalue weighted by atomic mass is 9.89. The normalized spacial score (nSPS) is 25.0. The molecule has 0 spiro atoms. The summed E-state index contributed by atoms with van der Waals surface area (Å²) in [7, 11) is 0. The van der Waals surface area contributed by atoms with Crippen LogP contribution in [-0.2, 0) is 9.53 Å². The summed E-state index contributed by atoms with van der Waals surface area (Å²) in [6.45, 7) is 4.18. The van der Waals surface area contributed by atoms with E-state index >= 15 is 0 Å². The highest BCUT2D eigenvalue weighted by Crippen LogP contribution is 2.33. The Bertz CT molecular complexity index is 400. The number of hydrogen-bond acceptors (Lipinski definition) is 2. The molecule has 0 saturated carbocycles. The summed E-state index contributed by atoms with van der Waals surface area (Å²) >= 11 is 3.39. The fraction of sp³-hybridized carbons (Fsp3) is 0.250. The van der Waals surface area contributed by atoms with E-state index in [1.54, 1.807) is 6.08 Å². The van der Waals surface area contributed by atoms with Crippen LogP contribution in [0.1, 0.15) is 11.5 Å². The van der Waals surface area contributed by atoms with Gasteiger partial charge in [0.25, 0.3) is 0 Å². The van der Waals surface area contributed by atoms with Gasteiger partial charge in [-0.2, -0.15) is 0 Å². The van der Waals surface area contributed by atoms with Crippen molar-refractivity contribution >= 4 is 21.9 Å². The molecule has 1 saturated heterocycles. The number of carbonyl (C=O) groups is 1. The molecule has 0 aromatic heterocycles. The van der Waals surface area contributed by atoms with Crippen molar-refractivity contribution in [2.24, 2.45) is 5.92 Å². The Morgan fingerprint density at radius 2 is 2.33 bits per heavy atom. The zero-order chi connectivity index (χ0) is 10.8. The Balaban J connectivity index is 2.36. The maximum atomic E-state index is 11.6. The van der Waals surface area contributed by atoms with Gasteiger partial charge in [-0.25, -0.2) is 0 Å². The zero-order valence-electron chi connectivity index (χ0n) is 8.15. The second kappa shape index (κ2) is 4.19. The molecule has 0 amide bonds. The Morgan fingerprint density at radius 1 is 1.53 bits per heavy atom. The summed E-state index contributed by atoms with van der Waals surface area (Å²) in [5, 5.41) is 0. The van der Waals surface area contributed by atoms with Gasteiger partial charge >= 0.3 is 5.97 Å². The largest absolute Gasteiger partial charge is 0.465 e. The first-order valence-electron chi connectivity index (χ1n) is 4.77. The average Bonchev–Trinajstić information content (AvgIpc) is 2.59. The average molecular weight is 267 g/mol. The van der Waals surface area contributed by atoms with Crippen LogP contribution in [0.15, 0.2) is 41.4 Å². The molecule has 2 atom stereocenters. The van der Waals surface area contributed by atoms with Gasteiger partial charge < -0.3 is 4.74 Å². The summed E-state index contributed by atoms with van der Waals surface area (Å²) in [4.78, 5) is 11.6. The third-order valence-corrected chi connectivity index (χ3v) is 3.10. The summed E-state index contributed by atoms with van der Waals surface area (Å²) in [6.07, 6.45) is 1.79. The van der Waals surface area contributed by atoms with Crippen LogP contribution in [0.3, 0.4) is 0 Å². The first kappa shape index (κ1) is 10.4. The molecular formula is C12H11BrO2. The predicted octanol–water partition coefficient (Wildman–Crippen LogP) is 2.89. The first-order valence-corrected chi connectivity index (χ1v) is 5.56. The molecule has 0 radical (unpaired) electrons. The maximum absolute atomic E-state index is 11.6. The number of hydrogen-bond donors (Lipinski definition) is 0. The molecule has 0 bridgehead atoms. The minimum atomic E-state index is -0.194. The summed E-state index contributed by atoms with van der Waals surface area (Å²) in [5.74, 6) is -0.259. The molecule has 78 valence electrons. The SMILES string of the molecule is C=CC1COC(=O)C1c1cccc(Br)c1. The van der Waals surface area contributed by atoms with Crippen LogP contribution in [0.2, 0.25) is 0 Å². The van der Waals surface area contributed by atoms with E-state index in [0.29, 0.717) is 6.61 Å². The number of benzene rings is 1. The van der Waals surface area contributed by atoms with E-state index in [2.05, 4.69) is 22.5 Å². The van der Waals surface area contributed by atoms with Crippen molar-refractivity contribution in [3.8, 4) is 0 Å². The highest BCUT2D eigenvalue weighted by molar-refractivity contribution is 9.10. The van der Waals surface area contributed by atoms with Gasteiger partial charge in [-0.3, -0.25) is 4.79 Å². The summed E-state index contributed by atoms with van der Waals surface area (Å²) < 4.78 is 6.01. The molecule has 3 heteroatoms. The quantitative estimate of drug-likeness (QED) is 0.608. The minimum absolute atomic E-state index is 0.0896. The fourth-order valence-electron chi connectivity index (χ4n) is 1.83. The van der Waals surface area contributed by atoms with Crippen LogP contribution in [-0.4, -0.2) is 12.6 Å². The number of cyclic esters (lactones) is 1. The van der Waals surface area contributed by atoms with Crippen LogP contribution < -0.4 is 0 Å². The van der Waals surface area contributed by atoms with E-state index < -0.39 is 0 Å². The van der Waals surface area contributed by atoms with E-state index in [-0.39, 0.29) is 17.8 Å². The maximum Gasteiger partial charge on any atom is 0.314 e. The number of esters is 1. The van der Waals surface area contributed by atoms with Gasteiger partial charge in [0.2, 0.25) is 0 Å². The second-order valence-corrected chi connectivity index (χ2v) is 4.48. The molecule has 1 fully saturated rings. The smallest absolute Gasteiger partial charge is 0.314 e. The van der Waals surface area contributed by atoms with E-state index in [4.69, 9.17) is 4.74 Å². The van der Waals surface area contributed by atoms with E-state index in [1.807, 2.05) is 24.3 Å². The van der Waals surface area contributed by atoms with Crippen LogP contribution in [0, 0.1) is 5.92 Å². The predicted molar refractivity (Wildman–Crippen MR) is 61.5 cm³/mol. The Hall–Kier alpha value is -1.09. The molecular weight excluding hydrogens is 256 g/mol. The standard InChI is InChI=1S/C12H11BrO2/c1-2-8-7-15-12(14)11(8)9-4-3-5-10(13)6-9/h2-6,8,11H,1,7H2. The van der Waals surface area contributed by atoms with Crippen molar-refractivity contribution in [1.29, 1.82) is 0 Å². The molecule has 1 aliphatic heterocycles. The van der Waals surface area contributed by atoms with Gasteiger partial charge in [0.1, 0.15) is 0 Å². The van der Waals surface area contributed by atoms with Crippen molar-refractivity contribution in [3.05, 3.63) is 47.0 Å². The zero-order valence-corrected chi connectivity index (χ0v) is 9.74. The van der Waals surface area contributed by atoms with E-state index in [1.165, 1.54) is 0 Å². The minimum Gasteiger partial charge on any atom is -0.465 e. The Kier molecular flexibility index (Phi) is 2.91. The lowest BCUT2D eigenvalue weighted by Crippen LogP contribution is -2.11. The van der Waals surface area contributed by atoms with Crippen molar-refractivity contribution in [2.75, 3.05) is 6.61 Å². The second-order valence-electron chi connectivity index (χ2n) is 3.56. The number of carbonyl (C=O) groups excluding carboxylic acids is 1. The fourth-order valence-corrected chi connectivity index (χ4v) is 2.24. The van der Waals surface area contributed by atoms with Gasteiger partial charge in [0, 0.05) is 10.4 Å². The van der Waals surface area contributed by atoms with Crippen molar-refractivity contribution in [1.82, 2.24) is 0 Å². The highest BCUT2D eigenvalue weighted by Gasteiger charge is 2.36. The van der Waals surface area contributed by atoms with E-state index in [0.717, 1.165) is 10.0 Å². The molecule has 0 aliphatic carbocycles. The molecule has 2 unspecified atom stereocenters. The lowest BCUT2D eigenvalue weighted by molar-refractivity contribution is -0.139. The highest BCUT2D eigenvalue weighted by atomic mass is 79.9. The topological polar surface area (TPSA) is 26.3 Å². The molecule has 1 aromatic carbocycles. The Labute approximate surface area is 97.1 Å². The van der Waals surface area contributed by atoms with Gasteiger partial charge in [0.05, 0.1) is 12.5 Å². The third kappa shape index (κ3) is 1.97. The Morgan fingerprint density at radius 3 is 3.00 bits per heavy atom. The van der Waals surface area contributed by atoms with Gasteiger partial charge in [0.15, 0.2) is 0 Å².